The Morgan fingerprint density at radius 3 is 2.87 bits per heavy atom. The molecule has 15 heavy (non-hydrogen) atoms. The van der Waals surface area contributed by atoms with Crippen LogP contribution < -0.4 is 0 Å². The average Bonchev–Trinajstić information content (AvgIpc) is 2.22. The molecule has 1 aliphatic carbocycles. The second-order valence-electron chi connectivity index (χ2n) is 4.57. The van der Waals surface area contributed by atoms with E-state index in [1.54, 1.807) is 0 Å². The van der Waals surface area contributed by atoms with Crippen LogP contribution in [0.15, 0.2) is 0 Å². The number of carbonyl (C=O) groups excluding carboxylic acids is 1. The second-order valence-corrected chi connectivity index (χ2v) is 5.67. The lowest BCUT2D eigenvalue weighted by atomic mass is 9.80. The van der Waals surface area contributed by atoms with Gasteiger partial charge in [-0.3, -0.25) is 4.79 Å². The fourth-order valence-corrected chi connectivity index (χ4v) is 3.23. The minimum atomic E-state index is -0.248. The van der Waals surface area contributed by atoms with Gasteiger partial charge in [-0.25, -0.2) is 0 Å². The lowest BCUT2D eigenvalue weighted by molar-refractivity contribution is -0.118. The van der Waals surface area contributed by atoms with Crippen molar-refractivity contribution >= 4 is 16.9 Å². The van der Waals surface area contributed by atoms with E-state index < -0.39 is 0 Å². The van der Waals surface area contributed by atoms with Crippen molar-refractivity contribution in [3.8, 4) is 0 Å². The molecule has 0 aromatic heterocycles. The number of hydrogen-bond donors (Lipinski definition) is 1. The van der Waals surface area contributed by atoms with Gasteiger partial charge in [0, 0.05) is 11.7 Å². The summed E-state index contributed by atoms with van der Waals surface area (Å²) in [5.41, 5.74) is 0. The molecule has 1 fully saturated rings. The van der Waals surface area contributed by atoms with E-state index in [-0.39, 0.29) is 12.0 Å². The molecule has 0 spiro atoms. The summed E-state index contributed by atoms with van der Waals surface area (Å²) in [5, 5.41) is 9.86. The molecule has 3 atom stereocenters. The van der Waals surface area contributed by atoms with Crippen LogP contribution >= 0.6 is 11.8 Å². The van der Waals surface area contributed by atoms with Crippen molar-refractivity contribution in [3.05, 3.63) is 0 Å². The molecule has 1 N–H and O–H groups in total. The molecule has 1 saturated carbocycles. The van der Waals surface area contributed by atoms with Crippen molar-refractivity contribution in [3.63, 3.8) is 0 Å². The highest BCUT2D eigenvalue weighted by Gasteiger charge is 2.31. The van der Waals surface area contributed by atoms with Gasteiger partial charge in [0.05, 0.1) is 6.10 Å². The third kappa shape index (κ3) is 4.15. The molecule has 0 amide bonds. The van der Waals surface area contributed by atoms with Crippen LogP contribution in [-0.4, -0.2) is 22.1 Å². The van der Waals surface area contributed by atoms with Gasteiger partial charge in [0.2, 0.25) is 0 Å². The maximum absolute atomic E-state index is 11.9. The molecular weight excluding hydrogens is 208 g/mol. The average molecular weight is 230 g/mol. The summed E-state index contributed by atoms with van der Waals surface area (Å²) >= 11 is 1.46. The molecule has 0 aromatic carbocycles. The van der Waals surface area contributed by atoms with Gasteiger partial charge < -0.3 is 5.11 Å². The van der Waals surface area contributed by atoms with E-state index in [1.807, 2.05) is 0 Å². The molecule has 1 rings (SSSR count). The minimum absolute atomic E-state index is 0.0932. The Labute approximate surface area is 96.8 Å². The van der Waals surface area contributed by atoms with Gasteiger partial charge in [-0.1, -0.05) is 32.0 Å². The normalized spacial score (nSPS) is 31.5. The van der Waals surface area contributed by atoms with Crippen molar-refractivity contribution in [1.82, 2.24) is 0 Å². The van der Waals surface area contributed by atoms with Crippen LogP contribution in [0.25, 0.3) is 0 Å². The smallest absolute Gasteiger partial charge is 0.192 e. The Kier molecular flexibility index (Phi) is 5.69. The standard InChI is InChI=1S/C12H22O2S/c1-3-4-7-15-12(14)11-8-10(13)6-5-9(11)2/h9-11,13H,3-8H2,1-2H3. The zero-order chi connectivity index (χ0) is 11.3. The van der Waals surface area contributed by atoms with Gasteiger partial charge in [0.1, 0.15) is 0 Å². The predicted molar refractivity (Wildman–Crippen MR) is 64.9 cm³/mol. The Morgan fingerprint density at radius 1 is 1.47 bits per heavy atom. The predicted octanol–water partition coefficient (Wildman–Crippen LogP) is 2.84. The van der Waals surface area contributed by atoms with Crippen molar-refractivity contribution in [2.75, 3.05) is 5.75 Å². The molecular formula is C12H22O2S. The van der Waals surface area contributed by atoms with E-state index in [9.17, 15) is 9.90 Å². The summed E-state index contributed by atoms with van der Waals surface area (Å²) in [6.07, 6.45) is 4.54. The van der Waals surface area contributed by atoms with E-state index in [4.69, 9.17) is 0 Å². The van der Waals surface area contributed by atoms with E-state index in [2.05, 4.69) is 13.8 Å². The van der Waals surface area contributed by atoms with E-state index in [0.717, 1.165) is 31.4 Å². The number of carbonyl (C=O) groups is 1. The first-order valence-electron chi connectivity index (χ1n) is 5.99. The first-order valence-corrected chi connectivity index (χ1v) is 6.98. The number of hydrogen-bond acceptors (Lipinski definition) is 3. The van der Waals surface area contributed by atoms with Crippen LogP contribution in [0.3, 0.4) is 0 Å². The summed E-state index contributed by atoms with van der Waals surface area (Å²) in [5.74, 6) is 1.49. The third-order valence-electron chi connectivity index (χ3n) is 3.21. The van der Waals surface area contributed by atoms with E-state index in [1.165, 1.54) is 11.8 Å². The second kappa shape index (κ2) is 6.54. The van der Waals surface area contributed by atoms with Gasteiger partial charge in [-0.2, -0.15) is 0 Å². The van der Waals surface area contributed by atoms with Gasteiger partial charge in [0.15, 0.2) is 5.12 Å². The highest BCUT2D eigenvalue weighted by Crippen LogP contribution is 2.33. The maximum atomic E-state index is 11.9. The largest absolute Gasteiger partial charge is 0.393 e. The first-order chi connectivity index (χ1) is 7.15. The molecule has 0 heterocycles. The quantitative estimate of drug-likeness (QED) is 0.755. The van der Waals surface area contributed by atoms with Crippen molar-refractivity contribution in [2.24, 2.45) is 11.8 Å². The van der Waals surface area contributed by atoms with Crippen molar-refractivity contribution in [2.45, 2.75) is 52.1 Å². The highest BCUT2D eigenvalue weighted by atomic mass is 32.2. The Bertz CT molecular complexity index is 206. The summed E-state index contributed by atoms with van der Waals surface area (Å²) in [7, 11) is 0. The van der Waals surface area contributed by atoms with Crippen LogP contribution in [0.1, 0.15) is 46.0 Å². The van der Waals surface area contributed by atoms with Crippen molar-refractivity contribution in [1.29, 1.82) is 0 Å². The topological polar surface area (TPSA) is 37.3 Å². The lowest BCUT2D eigenvalue weighted by Crippen LogP contribution is -2.30. The van der Waals surface area contributed by atoms with Crippen LogP contribution in [0, 0.1) is 11.8 Å². The van der Waals surface area contributed by atoms with E-state index >= 15 is 0 Å². The van der Waals surface area contributed by atoms with E-state index in [0.29, 0.717) is 17.5 Å². The molecule has 0 aromatic rings. The molecule has 88 valence electrons. The number of aliphatic hydroxyl groups is 1. The zero-order valence-corrected chi connectivity index (χ0v) is 10.6. The molecule has 3 unspecified atom stereocenters. The maximum Gasteiger partial charge on any atom is 0.192 e. The first kappa shape index (κ1) is 13.0. The fourth-order valence-electron chi connectivity index (χ4n) is 2.05. The number of rotatable bonds is 4. The summed E-state index contributed by atoms with van der Waals surface area (Å²) in [6.45, 7) is 4.27. The van der Waals surface area contributed by atoms with Crippen LogP contribution in [0.2, 0.25) is 0 Å². The van der Waals surface area contributed by atoms with Gasteiger partial charge in [0.25, 0.3) is 0 Å². The summed E-state index contributed by atoms with van der Waals surface area (Å²) < 4.78 is 0. The van der Waals surface area contributed by atoms with Crippen LogP contribution in [0.5, 0.6) is 0 Å². The van der Waals surface area contributed by atoms with Gasteiger partial charge >= 0.3 is 0 Å². The highest BCUT2D eigenvalue weighted by molar-refractivity contribution is 8.13. The zero-order valence-electron chi connectivity index (χ0n) is 9.74. The van der Waals surface area contributed by atoms with Crippen LogP contribution in [0.4, 0.5) is 0 Å². The fraction of sp³-hybridized carbons (Fsp3) is 0.917. The van der Waals surface area contributed by atoms with Crippen molar-refractivity contribution < 1.29 is 9.90 Å². The Balaban J connectivity index is 2.35. The molecule has 2 nitrogen and oxygen atoms in total. The number of aliphatic hydroxyl groups excluding tert-OH is 1. The van der Waals surface area contributed by atoms with Gasteiger partial charge in [-0.05, 0) is 31.6 Å². The Hall–Kier alpha value is -0.0200. The summed E-state index contributed by atoms with van der Waals surface area (Å²) in [4.78, 5) is 11.9. The lowest BCUT2D eigenvalue weighted by Gasteiger charge is -2.30. The molecule has 0 aliphatic heterocycles. The molecule has 3 heteroatoms. The third-order valence-corrected chi connectivity index (χ3v) is 4.29. The van der Waals surface area contributed by atoms with Gasteiger partial charge in [-0.15, -0.1) is 0 Å². The van der Waals surface area contributed by atoms with Crippen LogP contribution in [-0.2, 0) is 4.79 Å². The SMILES string of the molecule is CCCCSC(=O)C1CC(O)CCC1C. The number of thioether (sulfide) groups is 1. The molecule has 0 saturated heterocycles. The summed E-state index contributed by atoms with van der Waals surface area (Å²) in [6, 6.07) is 0. The molecule has 0 radical (unpaired) electrons. The Morgan fingerprint density at radius 2 is 2.20 bits per heavy atom. The molecule has 0 bridgehead atoms. The minimum Gasteiger partial charge on any atom is -0.393 e. The molecule has 1 aliphatic rings. The number of unbranched alkanes of at least 4 members (excludes halogenated alkanes) is 1. The monoisotopic (exact) mass is 230 g/mol.